The number of nitrogens with zero attached hydrogens (tertiary/aromatic N) is 8. The second kappa shape index (κ2) is 5.31. The molecular weight excluding hydrogens is 288 g/mol. The summed E-state index contributed by atoms with van der Waals surface area (Å²) in [5.74, 6) is 1.28. The van der Waals surface area contributed by atoms with Crippen molar-refractivity contribution in [1.82, 2.24) is 51.0 Å². The van der Waals surface area contributed by atoms with Crippen molar-refractivity contribution >= 4 is 6.03 Å². The molecule has 0 unspecified atom stereocenters. The van der Waals surface area contributed by atoms with E-state index in [-0.39, 0.29) is 18.1 Å². The van der Waals surface area contributed by atoms with Crippen LogP contribution in [0.15, 0.2) is 0 Å². The van der Waals surface area contributed by atoms with Crippen molar-refractivity contribution in [2.24, 2.45) is 0 Å². The molecule has 0 aliphatic carbocycles. The highest BCUT2D eigenvalue weighted by Gasteiger charge is 2.40. The summed E-state index contributed by atoms with van der Waals surface area (Å²) < 4.78 is 0. The second-order valence-electron chi connectivity index (χ2n) is 5.56. The van der Waals surface area contributed by atoms with Crippen LogP contribution in [0.2, 0.25) is 0 Å². The number of carbonyl (C=O) groups excluding carboxylic acids is 1. The van der Waals surface area contributed by atoms with Gasteiger partial charge in [-0.3, -0.25) is 0 Å². The molecule has 0 bridgehead atoms. The molecular formula is C11H16N10O. The maximum absolute atomic E-state index is 12.9. The van der Waals surface area contributed by atoms with Gasteiger partial charge in [0, 0.05) is 13.1 Å². The van der Waals surface area contributed by atoms with Crippen LogP contribution in [0, 0.1) is 0 Å². The molecule has 2 aliphatic rings. The van der Waals surface area contributed by atoms with E-state index in [1.165, 1.54) is 0 Å². The van der Waals surface area contributed by atoms with Crippen LogP contribution in [0.3, 0.4) is 0 Å². The predicted octanol–water partition coefficient (Wildman–Crippen LogP) is -0.193. The molecule has 2 N–H and O–H groups in total. The van der Waals surface area contributed by atoms with Crippen LogP contribution in [-0.4, -0.2) is 70.2 Å². The lowest BCUT2D eigenvalue weighted by molar-refractivity contribution is 0.140. The van der Waals surface area contributed by atoms with Crippen LogP contribution in [0.1, 0.15) is 49.4 Å². The molecule has 2 aromatic heterocycles. The molecule has 2 atom stereocenters. The third kappa shape index (κ3) is 2.09. The van der Waals surface area contributed by atoms with Gasteiger partial charge in [0.2, 0.25) is 0 Å². The number of aromatic amines is 2. The number of likely N-dealkylation sites (tertiary alicyclic amines) is 2. The molecule has 2 fully saturated rings. The number of nitrogens with one attached hydrogen (secondary N) is 2. The van der Waals surface area contributed by atoms with Gasteiger partial charge in [-0.15, -0.1) is 10.2 Å². The minimum atomic E-state index is -0.0865. The first-order valence-corrected chi connectivity index (χ1v) is 7.39. The Hall–Kier alpha value is -2.59. The Labute approximate surface area is 125 Å². The average Bonchev–Trinajstić information content (AvgIpc) is 3.35. The number of hydrogen-bond donors (Lipinski definition) is 2. The molecule has 2 aromatic rings. The highest BCUT2D eigenvalue weighted by atomic mass is 16.2. The zero-order valence-corrected chi connectivity index (χ0v) is 11.9. The first kappa shape index (κ1) is 13.1. The molecule has 2 aliphatic heterocycles. The van der Waals surface area contributed by atoms with Crippen LogP contribution < -0.4 is 0 Å². The van der Waals surface area contributed by atoms with Crippen molar-refractivity contribution in [2.75, 3.05) is 13.1 Å². The summed E-state index contributed by atoms with van der Waals surface area (Å²) in [5, 5.41) is 27.9. The van der Waals surface area contributed by atoms with Gasteiger partial charge in [-0.25, -0.2) is 15.0 Å². The van der Waals surface area contributed by atoms with Gasteiger partial charge in [0.1, 0.15) is 0 Å². The highest BCUT2D eigenvalue weighted by Crippen LogP contribution is 2.35. The van der Waals surface area contributed by atoms with E-state index in [1.807, 2.05) is 9.80 Å². The highest BCUT2D eigenvalue weighted by molar-refractivity contribution is 5.76. The summed E-state index contributed by atoms with van der Waals surface area (Å²) in [6, 6.07) is -0.175. The number of hydrogen-bond acceptors (Lipinski definition) is 7. The lowest BCUT2D eigenvalue weighted by Crippen LogP contribution is -2.42. The molecule has 0 saturated carbocycles. The fourth-order valence-electron chi connectivity index (χ4n) is 3.34. The van der Waals surface area contributed by atoms with Crippen LogP contribution in [0.4, 0.5) is 4.79 Å². The molecule has 116 valence electrons. The first-order chi connectivity index (χ1) is 10.8. The van der Waals surface area contributed by atoms with Crippen molar-refractivity contribution < 1.29 is 4.79 Å². The zero-order valence-electron chi connectivity index (χ0n) is 11.9. The lowest BCUT2D eigenvalue weighted by atomic mass is 10.2. The summed E-state index contributed by atoms with van der Waals surface area (Å²) in [4.78, 5) is 16.6. The number of tetrazole rings is 2. The van der Waals surface area contributed by atoms with Gasteiger partial charge < -0.3 is 9.80 Å². The maximum Gasteiger partial charge on any atom is 0.321 e. The summed E-state index contributed by atoms with van der Waals surface area (Å²) in [7, 11) is 0. The molecule has 11 nitrogen and oxygen atoms in total. The number of aromatic nitrogens is 8. The molecule has 22 heavy (non-hydrogen) atoms. The van der Waals surface area contributed by atoms with Crippen molar-refractivity contribution in [3.05, 3.63) is 11.6 Å². The Morgan fingerprint density at radius 3 is 1.82 bits per heavy atom. The maximum atomic E-state index is 12.9. The van der Waals surface area contributed by atoms with Crippen LogP contribution in [0.5, 0.6) is 0 Å². The molecule has 0 aromatic carbocycles. The predicted molar refractivity (Wildman–Crippen MR) is 71.1 cm³/mol. The molecule has 0 spiro atoms. The number of carbonyl (C=O) groups is 1. The van der Waals surface area contributed by atoms with E-state index < -0.39 is 0 Å². The summed E-state index contributed by atoms with van der Waals surface area (Å²) in [5.41, 5.74) is 0. The van der Waals surface area contributed by atoms with E-state index >= 15 is 0 Å². The minimum absolute atomic E-state index is 0.00204. The van der Waals surface area contributed by atoms with E-state index in [1.54, 1.807) is 0 Å². The first-order valence-electron chi connectivity index (χ1n) is 7.39. The lowest BCUT2D eigenvalue weighted by Gasteiger charge is -2.31. The average molecular weight is 304 g/mol. The van der Waals surface area contributed by atoms with E-state index in [0.717, 1.165) is 25.7 Å². The normalized spacial score (nSPS) is 25.1. The van der Waals surface area contributed by atoms with Gasteiger partial charge in [-0.05, 0) is 46.5 Å². The van der Waals surface area contributed by atoms with Crippen molar-refractivity contribution in [2.45, 2.75) is 37.8 Å². The van der Waals surface area contributed by atoms with Crippen LogP contribution in [-0.2, 0) is 0 Å². The third-order valence-electron chi connectivity index (χ3n) is 4.35. The molecule has 2 saturated heterocycles. The second-order valence-corrected chi connectivity index (χ2v) is 5.56. The Kier molecular flexibility index (Phi) is 3.16. The van der Waals surface area contributed by atoms with Crippen molar-refractivity contribution in [1.29, 1.82) is 0 Å². The summed E-state index contributed by atoms with van der Waals surface area (Å²) >= 11 is 0. The van der Waals surface area contributed by atoms with E-state index in [0.29, 0.717) is 24.7 Å². The Morgan fingerprint density at radius 2 is 1.41 bits per heavy atom. The smallest absolute Gasteiger partial charge is 0.314 e. The van der Waals surface area contributed by atoms with Crippen molar-refractivity contribution in [3.63, 3.8) is 0 Å². The van der Waals surface area contributed by atoms with Crippen LogP contribution >= 0.6 is 0 Å². The number of amides is 2. The molecule has 11 heteroatoms. The SMILES string of the molecule is O=C(N1CCC[C@H]1c1nnn[nH]1)N1CCC[C@H]1c1nnn[nH]1. The largest absolute Gasteiger partial charge is 0.321 e. The number of rotatable bonds is 2. The van der Waals surface area contributed by atoms with Crippen LogP contribution in [0.25, 0.3) is 0 Å². The quantitative estimate of drug-likeness (QED) is 0.785. The Morgan fingerprint density at radius 1 is 0.909 bits per heavy atom. The Balaban J connectivity index is 1.55. The molecule has 2 amide bonds. The van der Waals surface area contributed by atoms with Gasteiger partial charge >= 0.3 is 6.03 Å². The van der Waals surface area contributed by atoms with E-state index in [4.69, 9.17) is 0 Å². The van der Waals surface area contributed by atoms with E-state index in [2.05, 4.69) is 41.2 Å². The van der Waals surface area contributed by atoms with Gasteiger partial charge in [0.05, 0.1) is 12.1 Å². The van der Waals surface area contributed by atoms with Crippen molar-refractivity contribution in [3.8, 4) is 0 Å². The fourth-order valence-corrected chi connectivity index (χ4v) is 3.34. The van der Waals surface area contributed by atoms with Gasteiger partial charge in [0.25, 0.3) is 0 Å². The zero-order chi connectivity index (χ0) is 14.9. The minimum Gasteiger partial charge on any atom is -0.314 e. The fraction of sp³-hybridized carbons (Fsp3) is 0.727. The molecule has 0 radical (unpaired) electrons. The topological polar surface area (TPSA) is 132 Å². The molecule has 4 heterocycles. The number of H-pyrrole nitrogens is 2. The Bertz CT molecular complexity index is 571. The van der Waals surface area contributed by atoms with Gasteiger partial charge in [-0.2, -0.15) is 0 Å². The summed E-state index contributed by atoms with van der Waals surface area (Å²) in [6.07, 6.45) is 3.62. The number of urea groups is 1. The van der Waals surface area contributed by atoms with Gasteiger partial charge in [0.15, 0.2) is 11.6 Å². The third-order valence-corrected chi connectivity index (χ3v) is 4.35. The molecule has 4 rings (SSSR count). The standard InChI is InChI=1S/C11H16N10O/c22-11(20-5-1-3-7(20)9-12-16-17-13-9)21-6-2-4-8(21)10-14-18-19-15-10/h7-8H,1-6H2,(H,12,13,16,17)(H,14,15,18,19)/t7-,8-/m0/s1. The van der Waals surface area contributed by atoms with Gasteiger partial charge in [-0.1, -0.05) is 0 Å². The summed E-state index contributed by atoms with van der Waals surface area (Å²) in [6.45, 7) is 1.42. The van der Waals surface area contributed by atoms with E-state index in [9.17, 15) is 4.79 Å². The monoisotopic (exact) mass is 304 g/mol.